The minimum atomic E-state index is -0.839. The Morgan fingerprint density at radius 2 is 1.62 bits per heavy atom. The number of amides is 1. The molecule has 1 amide bonds. The van der Waals surface area contributed by atoms with E-state index in [4.69, 9.17) is 5.11 Å². The van der Waals surface area contributed by atoms with Crippen molar-refractivity contribution in [3.05, 3.63) is 11.6 Å². The number of aliphatic hydroxyl groups is 1. The predicted octanol–water partition coefficient (Wildman–Crippen LogP) is 5.92. The van der Waals surface area contributed by atoms with Gasteiger partial charge in [-0.1, -0.05) is 47.1 Å². The molecule has 0 aromatic carbocycles. The Balaban J connectivity index is 1.44. The molecule has 4 fully saturated rings. The van der Waals surface area contributed by atoms with E-state index in [0.29, 0.717) is 24.8 Å². The SMILES string of the molecule is CC1(C)C2CC[C@@]3(C)C4CC[C@@]5(C)CC[C@](C)(C(=O)NCCCC(=O)O)CC5C4=CC(=O)C3[C@@]2(C)CC[C@@H]1O. The van der Waals surface area contributed by atoms with Gasteiger partial charge in [0.25, 0.3) is 0 Å². The normalized spacial score (nSPS) is 46.6. The molecule has 0 saturated heterocycles. The number of nitrogens with one attached hydrogen (secondary N) is 1. The molecule has 0 heterocycles. The van der Waals surface area contributed by atoms with E-state index in [9.17, 15) is 19.5 Å². The highest BCUT2D eigenvalue weighted by Crippen LogP contribution is 2.71. The Kier molecular flexibility index (Phi) is 6.97. The molecule has 39 heavy (non-hydrogen) atoms. The average Bonchev–Trinajstić information content (AvgIpc) is 2.84. The Morgan fingerprint density at radius 1 is 0.923 bits per heavy atom. The molecule has 0 aromatic heterocycles. The maximum absolute atomic E-state index is 14.3. The van der Waals surface area contributed by atoms with Gasteiger partial charge < -0.3 is 15.5 Å². The monoisotopic (exact) mass is 541 g/mol. The molecule has 3 N–H and O–H groups in total. The fourth-order valence-corrected chi connectivity index (χ4v) is 10.8. The maximum Gasteiger partial charge on any atom is 0.303 e. The lowest BCUT2D eigenvalue weighted by Gasteiger charge is -2.67. The van der Waals surface area contributed by atoms with E-state index >= 15 is 0 Å². The van der Waals surface area contributed by atoms with E-state index in [0.717, 1.165) is 57.8 Å². The smallest absolute Gasteiger partial charge is 0.303 e. The number of aliphatic carboxylic acids is 1. The van der Waals surface area contributed by atoms with Crippen LogP contribution in [0, 0.1) is 50.7 Å². The molecule has 5 aliphatic rings. The second-order valence-corrected chi connectivity index (χ2v) is 15.8. The first-order chi connectivity index (χ1) is 18.1. The Bertz CT molecular complexity index is 1080. The quantitative estimate of drug-likeness (QED) is 0.375. The van der Waals surface area contributed by atoms with Crippen molar-refractivity contribution < 1.29 is 24.6 Å². The molecule has 5 rings (SSSR count). The third kappa shape index (κ3) is 4.33. The van der Waals surface area contributed by atoms with Crippen LogP contribution in [-0.2, 0) is 14.4 Å². The molecule has 0 aliphatic heterocycles. The van der Waals surface area contributed by atoms with Crippen molar-refractivity contribution in [2.45, 2.75) is 118 Å². The van der Waals surface area contributed by atoms with E-state index in [1.807, 2.05) is 6.08 Å². The number of allylic oxidation sites excluding steroid dienone is 2. The van der Waals surface area contributed by atoms with Crippen LogP contribution in [0.25, 0.3) is 0 Å². The standard InChI is InChI=1S/C33H51NO5/c1-29(2)24-10-13-32(5)21-9-12-30(3)15-16-31(4,28(39)34-17-7-8-26(37)38)19-22(30)20(21)18-23(35)27(32)33(24,6)14-11-25(29)36/h18,21-22,24-25,27,36H,7-17,19H2,1-6H3,(H,34,39)(H,37,38)/t21?,22?,24?,25-,27?,30-,31-,32-,33-/m0/s1. The summed E-state index contributed by atoms with van der Waals surface area (Å²) in [5.74, 6) is 0.388. The van der Waals surface area contributed by atoms with E-state index in [1.165, 1.54) is 5.57 Å². The second kappa shape index (κ2) is 9.42. The minimum Gasteiger partial charge on any atom is -0.481 e. The van der Waals surface area contributed by atoms with Gasteiger partial charge >= 0.3 is 5.97 Å². The first-order valence-electron chi connectivity index (χ1n) is 15.5. The van der Waals surface area contributed by atoms with Crippen LogP contribution in [-0.4, -0.2) is 40.5 Å². The molecule has 0 bridgehead atoms. The Morgan fingerprint density at radius 3 is 2.31 bits per heavy atom. The van der Waals surface area contributed by atoms with Crippen LogP contribution < -0.4 is 5.32 Å². The number of carboxylic acids is 1. The number of hydrogen-bond donors (Lipinski definition) is 3. The van der Waals surface area contributed by atoms with E-state index < -0.39 is 11.4 Å². The van der Waals surface area contributed by atoms with Gasteiger partial charge in [0.05, 0.1) is 6.10 Å². The van der Waals surface area contributed by atoms with Crippen LogP contribution in [0.3, 0.4) is 0 Å². The van der Waals surface area contributed by atoms with Crippen LogP contribution in [0.1, 0.15) is 112 Å². The van der Waals surface area contributed by atoms with Crippen LogP contribution in [0.4, 0.5) is 0 Å². The minimum absolute atomic E-state index is 0.0128. The highest BCUT2D eigenvalue weighted by Gasteiger charge is 2.67. The molecule has 6 nitrogen and oxygen atoms in total. The van der Waals surface area contributed by atoms with E-state index in [1.54, 1.807) is 0 Å². The van der Waals surface area contributed by atoms with Crippen LogP contribution >= 0.6 is 0 Å². The van der Waals surface area contributed by atoms with Gasteiger partial charge in [0.15, 0.2) is 5.78 Å². The lowest BCUT2D eigenvalue weighted by atomic mass is 9.37. The van der Waals surface area contributed by atoms with E-state index in [-0.39, 0.29) is 57.7 Å². The van der Waals surface area contributed by atoms with Gasteiger partial charge in [-0.25, -0.2) is 0 Å². The summed E-state index contributed by atoms with van der Waals surface area (Å²) >= 11 is 0. The molecule has 4 saturated carbocycles. The third-order valence-electron chi connectivity index (χ3n) is 13.1. The van der Waals surface area contributed by atoms with Crippen molar-refractivity contribution in [2.24, 2.45) is 50.7 Å². The Labute approximate surface area is 234 Å². The average molecular weight is 542 g/mol. The zero-order valence-electron chi connectivity index (χ0n) is 25.1. The summed E-state index contributed by atoms with van der Waals surface area (Å²) in [7, 11) is 0. The van der Waals surface area contributed by atoms with Gasteiger partial charge in [-0.15, -0.1) is 0 Å². The summed E-state index contributed by atoms with van der Waals surface area (Å²) < 4.78 is 0. The highest BCUT2D eigenvalue weighted by molar-refractivity contribution is 5.95. The molecule has 6 heteroatoms. The lowest BCUT2D eigenvalue weighted by molar-refractivity contribution is -0.188. The maximum atomic E-state index is 14.3. The molecule has 0 radical (unpaired) electrons. The summed E-state index contributed by atoms with van der Waals surface area (Å²) in [4.78, 5) is 38.5. The van der Waals surface area contributed by atoms with Gasteiger partial charge in [-0.2, -0.15) is 0 Å². The number of carbonyl (C=O) groups is 3. The predicted molar refractivity (Wildman–Crippen MR) is 151 cm³/mol. The summed E-state index contributed by atoms with van der Waals surface area (Å²) in [6.45, 7) is 14.0. The van der Waals surface area contributed by atoms with Crippen molar-refractivity contribution in [3.63, 3.8) is 0 Å². The van der Waals surface area contributed by atoms with E-state index in [2.05, 4.69) is 46.9 Å². The summed E-state index contributed by atoms with van der Waals surface area (Å²) in [5, 5.41) is 22.9. The number of aliphatic hydroxyl groups excluding tert-OH is 1. The topological polar surface area (TPSA) is 104 Å². The number of ketones is 1. The van der Waals surface area contributed by atoms with Crippen LogP contribution in [0.2, 0.25) is 0 Å². The number of carboxylic acid groups (broad SMARTS) is 1. The molecule has 5 aliphatic carbocycles. The number of carbonyl (C=O) groups excluding carboxylic acids is 2. The van der Waals surface area contributed by atoms with Crippen molar-refractivity contribution in [1.29, 1.82) is 0 Å². The fourth-order valence-electron chi connectivity index (χ4n) is 10.8. The molecule has 0 spiro atoms. The molecular formula is C33H51NO5. The number of rotatable bonds is 5. The zero-order chi connectivity index (χ0) is 28.6. The van der Waals surface area contributed by atoms with Crippen molar-refractivity contribution in [2.75, 3.05) is 6.54 Å². The number of hydrogen-bond acceptors (Lipinski definition) is 4. The van der Waals surface area contributed by atoms with Gasteiger partial charge in [0.2, 0.25) is 5.91 Å². The molecule has 4 unspecified atom stereocenters. The van der Waals surface area contributed by atoms with Crippen molar-refractivity contribution in [3.8, 4) is 0 Å². The van der Waals surface area contributed by atoms with Crippen molar-refractivity contribution >= 4 is 17.7 Å². The number of fused-ring (bicyclic) bond motifs is 7. The first-order valence-corrected chi connectivity index (χ1v) is 15.5. The first kappa shape index (κ1) is 28.8. The van der Waals surface area contributed by atoms with Gasteiger partial charge in [-0.05, 0) is 110 Å². The van der Waals surface area contributed by atoms with Gasteiger partial charge in [-0.3, -0.25) is 14.4 Å². The van der Waals surface area contributed by atoms with Crippen molar-refractivity contribution in [1.82, 2.24) is 5.32 Å². The largest absolute Gasteiger partial charge is 0.481 e. The van der Waals surface area contributed by atoms with Crippen LogP contribution in [0.15, 0.2) is 11.6 Å². The van der Waals surface area contributed by atoms with Gasteiger partial charge in [0, 0.05) is 24.3 Å². The summed E-state index contributed by atoms with van der Waals surface area (Å²) in [5.41, 5.74) is 0.532. The molecule has 0 aromatic rings. The molecular weight excluding hydrogens is 490 g/mol. The zero-order valence-corrected chi connectivity index (χ0v) is 25.1. The van der Waals surface area contributed by atoms with Gasteiger partial charge in [0.1, 0.15) is 0 Å². The summed E-state index contributed by atoms with van der Waals surface area (Å²) in [6, 6.07) is 0. The Hall–Kier alpha value is -1.69. The molecule has 218 valence electrons. The fraction of sp³-hybridized carbons (Fsp3) is 0.848. The molecule has 9 atom stereocenters. The third-order valence-corrected chi connectivity index (χ3v) is 13.1. The van der Waals surface area contributed by atoms with Crippen LogP contribution in [0.5, 0.6) is 0 Å². The lowest BCUT2D eigenvalue weighted by Crippen LogP contribution is -2.64. The summed E-state index contributed by atoms with van der Waals surface area (Å²) in [6.07, 6.45) is 10.8. The second-order valence-electron chi connectivity index (χ2n) is 15.8. The highest BCUT2D eigenvalue weighted by atomic mass is 16.4.